The highest BCUT2D eigenvalue weighted by molar-refractivity contribution is 5.66. The molecule has 0 atom stereocenters. The normalized spacial score (nSPS) is 13.1. The third-order valence-electron chi connectivity index (χ3n) is 3.64. The van der Waals surface area contributed by atoms with E-state index >= 15 is 0 Å². The fourth-order valence-corrected chi connectivity index (χ4v) is 2.30. The summed E-state index contributed by atoms with van der Waals surface area (Å²) in [5.74, 6) is -0.659. The van der Waals surface area contributed by atoms with Crippen molar-refractivity contribution in [1.82, 2.24) is 4.90 Å². The van der Waals surface area contributed by atoms with E-state index < -0.39 is 5.97 Å². The highest BCUT2D eigenvalue weighted by Crippen LogP contribution is 2.10. The van der Waals surface area contributed by atoms with Gasteiger partial charge in [0.25, 0.3) is 0 Å². The van der Waals surface area contributed by atoms with E-state index in [1.165, 1.54) is 44.9 Å². The van der Waals surface area contributed by atoms with Gasteiger partial charge in [-0.2, -0.15) is 0 Å². The summed E-state index contributed by atoms with van der Waals surface area (Å²) in [5.41, 5.74) is 0. The van der Waals surface area contributed by atoms with Gasteiger partial charge in [0.15, 0.2) is 0 Å². The Bertz CT molecular complexity index is 283. The van der Waals surface area contributed by atoms with E-state index in [4.69, 9.17) is 10.2 Å². The van der Waals surface area contributed by atoms with Gasteiger partial charge in [0.1, 0.15) is 0 Å². The average molecular weight is 314 g/mol. The van der Waals surface area contributed by atoms with Crippen LogP contribution in [0.5, 0.6) is 0 Å². The third kappa shape index (κ3) is 15.3. The van der Waals surface area contributed by atoms with Crippen LogP contribution in [0.3, 0.4) is 0 Å². The van der Waals surface area contributed by atoms with Gasteiger partial charge >= 0.3 is 5.97 Å². The SMILES string of the molecule is CCCCCCCCCCCC(=O)O.OCCN1C=NCC1. The minimum absolute atomic E-state index is 0.228. The smallest absolute Gasteiger partial charge is 0.303 e. The van der Waals surface area contributed by atoms with Crippen molar-refractivity contribution < 1.29 is 15.0 Å². The molecular weight excluding hydrogens is 280 g/mol. The van der Waals surface area contributed by atoms with Gasteiger partial charge in [-0.3, -0.25) is 9.79 Å². The van der Waals surface area contributed by atoms with Crippen molar-refractivity contribution in [1.29, 1.82) is 0 Å². The summed E-state index contributed by atoms with van der Waals surface area (Å²) in [7, 11) is 0. The number of β-amino-alcohol motifs (C(OH)–C–C–N with tert-alkyl or cyclic N) is 1. The molecule has 22 heavy (non-hydrogen) atoms. The van der Waals surface area contributed by atoms with Gasteiger partial charge in [0, 0.05) is 19.5 Å². The maximum absolute atomic E-state index is 10.2. The van der Waals surface area contributed by atoms with Crippen LogP contribution in [0, 0.1) is 0 Å². The maximum atomic E-state index is 10.2. The van der Waals surface area contributed by atoms with Crippen molar-refractivity contribution in [2.24, 2.45) is 4.99 Å². The van der Waals surface area contributed by atoms with E-state index in [9.17, 15) is 4.79 Å². The van der Waals surface area contributed by atoms with Gasteiger partial charge in [0.05, 0.1) is 19.5 Å². The van der Waals surface area contributed by atoms with E-state index in [1.54, 1.807) is 6.34 Å². The number of rotatable bonds is 12. The summed E-state index contributed by atoms with van der Waals surface area (Å²) in [5, 5.41) is 16.8. The molecule has 5 heteroatoms. The van der Waals surface area contributed by atoms with Gasteiger partial charge < -0.3 is 15.1 Å². The molecule has 0 amide bonds. The van der Waals surface area contributed by atoms with E-state index in [0.717, 1.165) is 32.5 Å². The van der Waals surface area contributed by atoms with Crippen LogP contribution in [-0.4, -0.2) is 53.7 Å². The molecule has 1 aliphatic heterocycles. The van der Waals surface area contributed by atoms with Gasteiger partial charge in [0.2, 0.25) is 0 Å². The zero-order valence-corrected chi connectivity index (χ0v) is 14.2. The van der Waals surface area contributed by atoms with Crippen LogP contribution in [0.15, 0.2) is 4.99 Å². The Kier molecular flexibility index (Phi) is 15.5. The lowest BCUT2D eigenvalue weighted by Crippen LogP contribution is -2.22. The average Bonchev–Trinajstić information content (AvgIpc) is 2.99. The second-order valence-electron chi connectivity index (χ2n) is 5.75. The predicted octanol–water partition coefficient (Wildman–Crippen LogP) is 3.31. The Balaban J connectivity index is 0.000000461. The zero-order chi connectivity index (χ0) is 16.5. The van der Waals surface area contributed by atoms with Crippen molar-refractivity contribution in [3.63, 3.8) is 0 Å². The summed E-state index contributed by atoms with van der Waals surface area (Å²) in [6, 6.07) is 0. The summed E-state index contributed by atoms with van der Waals surface area (Å²) < 4.78 is 0. The first-order chi connectivity index (χ1) is 10.7. The first kappa shape index (κ1) is 20.9. The molecule has 0 unspecified atom stereocenters. The maximum Gasteiger partial charge on any atom is 0.303 e. The highest BCUT2D eigenvalue weighted by Gasteiger charge is 2.01. The van der Waals surface area contributed by atoms with Crippen LogP contribution >= 0.6 is 0 Å². The van der Waals surface area contributed by atoms with Crippen LogP contribution in [0.2, 0.25) is 0 Å². The number of carbonyl (C=O) groups is 1. The van der Waals surface area contributed by atoms with Crippen LogP contribution in [0.25, 0.3) is 0 Å². The second kappa shape index (κ2) is 16.3. The molecule has 1 rings (SSSR count). The topological polar surface area (TPSA) is 73.1 Å². The van der Waals surface area contributed by atoms with E-state index in [2.05, 4.69) is 11.9 Å². The summed E-state index contributed by atoms with van der Waals surface area (Å²) in [6.07, 6.45) is 13.3. The van der Waals surface area contributed by atoms with Gasteiger partial charge in [-0.25, -0.2) is 0 Å². The Morgan fingerprint density at radius 2 is 1.68 bits per heavy atom. The largest absolute Gasteiger partial charge is 0.481 e. The standard InChI is InChI=1S/C12H24O2.C5H10N2O/c1-2-3-4-5-6-7-8-9-10-11-12(13)14;8-4-3-7-2-1-6-5-7/h2-11H2,1H3,(H,13,14);5,8H,1-4H2. The fourth-order valence-electron chi connectivity index (χ4n) is 2.30. The summed E-state index contributed by atoms with van der Waals surface area (Å²) >= 11 is 0. The van der Waals surface area contributed by atoms with Crippen molar-refractivity contribution in [2.45, 2.75) is 71.1 Å². The molecule has 0 radical (unpaired) electrons. The molecule has 0 bridgehead atoms. The summed E-state index contributed by atoms with van der Waals surface area (Å²) in [6.45, 7) is 5.04. The minimum atomic E-state index is -0.659. The van der Waals surface area contributed by atoms with E-state index in [0.29, 0.717) is 6.42 Å². The zero-order valence-electron chi connectivity index (χ0n) is 14.2. The molecule has 0 aromatic heterocycles. The highest BCUT2D eigenvalue weighted by atomic mass is 16.4. The van der Waals surface area contributed by atoms with E-state index in [-0.39, 0.29) is 6.61 Å². The van der Waals surface area contributed by atoms with Crippen molar-refractivity contribution in [3.05, 3.63) is 0 Å². The number of hydrogen-bond acceptors (Lipinski definition) is 4. The minimum Gasteiger partial charge on any atom is -0.481 e. The van der Waals surface area contributed by atoms with Gasteiger partial charge in [-0.1, -0.05) is 58.3 Å². The fraction of sp³-hybridized carbons (Fsp3) is 0.882. The number of aliphatic imine (C=N–C) groups is 1. The molecule has 130 valence electrons. The molecule has 0 saturated carbocycles. The Morgan fingerprint density at radius 1 is 1.09 bits per heavy atom. The van der Waals surface area contributed by atoms with Crippen molar-refractivity contribution in [3.8, 4) is 0 Å². The van der Waals surface area contributed by atoms with Gasteiger partial charge in [-0.05, 0) is 6.42 Å². The number of carboxylic acids is 1. The van der Waals surface area contributed by atoms with Crippen LogP contribution in [0.4, 0.5) is 0 Å². The number of hydrogen-bond donors (Lipinski definition) is 2. The van der Waals surface area contributed by atoms with Crippen LogP contribution in [-0.2, 0) is 4.79 Å². The lowest BCUT2D eigenvalue weighted by Gasteiger charge is -2.09. The number of nitrogens with zero attached hydrogens (tertiary/aromatic N) is 2. The molecule has 0 aliphatic carbocycles. The quantitative estimate of drug-likeness (QED) is 0.542. The number of aliphatic hydroxyl groups is 1. The van der Waals surface area contributed by atoms with Crippen LogP contribution in [0.1, 0.15) is 71.1 Å². The molecule has 2 N–H and O–H groups in total. The number of carboxylic acid groups (broad SMARTS) is 1. The Morgan fingerprint density at radius 3 is 2.14 bits per heavy atom. The Hall–Kier alpha value is -1.10. The molecule has 0 aromatic carbocycles. The number of aliphatic hydroxyl groups excluding tert-OH is 1. The third-order valence-corrected chi connectivity index (χ3v) is 3.64. The molecule has 0 aromatic rings. The Labute approximate surface area is 135 Å². The first-order valence-corrected chi connectivity index (χ1v) is 8.77. The lowest BCUT2D eigenvalue weighted by molar-refractivity contribution is -0.137. The molecular formula is C17H34N2O3. The monoisotopic (exact) mass is 314 g/mol. The molecule has 1 heterocycles. The molecule has 0 fully saturated rings. The first-order valence-electron chi connectivity index (χ1n) is 8.77. The molecule has 1 aliphatic rings. The predicted molar refractivity (Wildman–Crippen MR) is 91.5 cm³/mol. The number of unbranched alkanes of at least 4 members (excludes halogenated alkanes) is 8. The second-order valence-corrected chi connectivity index (χ2v) is 5.75. The van der Waals surface area contributed by atoms with Crippen molar-refractivity contribution >= 4 is 12.3 Å². The lowest BCUT2D eigenvalue weighted by atomic mass is 10.1. The molecule has 0 spiro atoms. The molecule has 0 saturated heterocycles. The van der Waals surface area contributed by atoms with E-state index in [1.807, 2.05) is 4.90 Å². The van der Waals surface area contributed by atoms with Crippen molar-refractivity contribution in [2.75, 3.05) is 26.2 Å². The number of aliphatic carboxylic acids is 1. The summed E-state index contributed by atoms with van der Waals surface area (Å²) in [4.78, 5) is 16.2. The van der Waals surface area contributed by atoms with Crippen LogP contribution < -0.4 is 0 Å². The van der Waals surface area contributed by atoms with Gasteiger partial charge in [-0.15, -0.1) is 0 Å². The molecule has 5 nitrogen and oxygen atoms in total.